The molecule has 12 aromatic rings. The first-order chi connectivity index (χ1) is 30.2. The average Bonchev–Trinajstić information content (AvgIpc) is 3.97. The van der Waals surface area contributed by atoms with E-state index in [0.29, 0.717) is 0 Å². The van der Waals surface area contributed by atoms with Crippen LogP contribution in [0.4, 0.5) is 0 Å². The van der Waals surface area contributed by atoms with E-state index in [9.17, 15) is 0 Å². The molecule has 296 valence electrons. The zero-order valence-electron chi connectivity index (χ0n) is 35.3. The third kappa shape index (κ3) is 5.73. The second-order valence-electron chi connectivity index (χ2n) is 17.2. The summed E-state index contributed by atoms with van der Waals surface area (Å²) in [5, 5.41) is 6.64. The molecule has 0 fully saturated rings. The fraction of sp³-hybridized carbons (Fsp3) is 0.0847. The summed E-state index contributed by atoms with van der Waals surface area (Å²) in [4.78, 5) is 0. The molecule has 0 spiro atoms. The maximum Gasteiger partial charge on any atom is 0.143 e. The van der Waals surface area contributed by atoms with Crippen LogP contribution in [0.2, 0.25) is 0 Å². The summed E-state index contributed by atoms with van der Waals surface area (Å²) in [6.45, 7) is 10.8. The molecule has 62 heavy (non-hydrogen) atoms. The predicted octanol–water partition coefficient (Wildman–Crippen LogP) is 17.3. The molecule has 0 radical (unpaired) electrons. The molecule has 0 N–H and O–H groups in total. The normalized spacial score (nSPS) is 12.0. The summed E-state index contributed by atoms with van der Waals surface area (Å²) in [5.41, 5.74) is 22.3. The third-order valence-corrected chi connectivity index (χ3v) is 12.7. The van der Waals surface area contributed by atoms with Crippen LogP contribution in [0.3, 0.4) is 0 Å². The van der Waals surface area contributed by atoms with Crippen LogP contribution >= 0.6 is 0 Å². The monoisotopic (exact) mass is 798 g/mol. The van der Waals surface area contributed by atoms with Crippen LogP contribution in [0.1, 0.15) is 27.8 Å². The molecular formula is C59H42O3. The van der Waals surface area contributed by atoms with Gasteiger partial charge >= 0.3 is 0 Å². The Morgan fingerprint density at radius 2 is 0.871 bits per heavy atom. The Kier molecular flexibility index (Phi) is 8.01. The van der Waals surface area contributed by atoms with Gasteiger partial charge in [0.1, 0.15) is 33.5 Å². The van der Waals surface area contributed by atoms with E-state index in [1.54, 1.807) is 0 Å². The maximum atomic E-state index is 7.00. The summed E-state index contributed by atoms with van der Waals surface area (Å²) in [6.07, 6.45) is 0. The molecule has 0 saturated carbocycles. The molecule has 3 aromatic heterocycles. The minimum atomic E-state index is 0.859. The van der Waals surface area contributed by atoms with Crippen molar-refractivity contribution >= 4 is 65.8 Å². The van der Waals surface area contributed by atoms with E-state index in [2.05, 4.69) is 198 Å². The third-order valence-electron chi connectivity index (χ3n) is 12.7. The van der Waals surface area contributed by atoms with Crippen LogP contribution in [0.25, 0.3) is 121 Å². The molecule has 0 bridgehead atoms. The summed E-state index contributed by atoms with van der Waals surface area (Å²) >= 11 is 0. The number of benzene rings is 9. The van der Waals surface area contributed by atoms with Gasteiger partial charge in [-0.2, -0.15) is 0 Å². The van der Waals surface area contributed by atoms with Gasteiger partial charge in [0.2, 0.25) is 0 Å². The molecule has 3 heterocycles. The van der Waals surface area contributed by atoms with Gasteiger partial charge in [-0.05, 0) is 145 Å². The number of fused-ring (bicyclic) bond motifs is 9. The SMILES string of the molecule is Cc1cccc(-c2cc(-c3ccc(-c4cc(C)cc(-c5cc(-c6ccccc6)c6oc7ccc(C)cc7c6c5)c4)c4oc5ccc(C)cc5c34)c3oc4c(C)cccc4c3c2)c1. The van der Waals surface area contributed by atoms with Crippen LogP contribution in [0.15, 0.2) is 177 Å². The highest BCUT2D eigenvalue weighted by Gasteiger charge is 2.23. The number of hydrogen-bond donors (Lipinski definition) is 0. The zero-order chi connectivity index (χ0) is 41.8. The van der Waals surface area contributed by atoms with Crippen LogP contribution < -0.4 is 0 Å². The second kappa shape index (κ2) is 13.7. The molecule has 12 rings (SSSR count). The second-order valence-corrected chi connectivity index (χ2v) is 17.2. The van der Waals surface area contributed by atoms with Crippen molar-refractivity contribution in [1.29, 1.82) is 0 Å². The van der Waals surface area contributed by atoms with E-state index in [1.165, 1.54) is 27.8 Å². The smallest absolute Gasteiger partial charge is 0.143 e. The van der Waals surface area contributed by atoms with Gasteiger partial charge in [0, 0.05) is 49.0 Å². The lowest BCUT2D eigenvalue weighted by Gasteiger charge is -2.14. The molecule has 3 heteroatoms. The van der Waals surface area contributed by atoms with Gasteiger partial charge in [0.25, 0.3) is 0 Å². The molecule has 9 aromatic carbocycles. The van der Waals surface area contributed by atoms with Crippen LogP contribution in [-0.2, 0) is 0 Å². The Morgan fingerprint density at radius 3 is 1.68 bits per heavy atom. The Hall–Kier alpha value is -7.62. The summed E-state index contributed by atoms with van der Waals surface area (Å²) in [5.74, 6) is 0. The van der Waals surface area contributed by atoms with Gasteiger partial charge in [-0.3, -0.25) is 0 Å². The van der Waals surface area contributed by atoms with Gasteiger partial charge < -0.3 is 13.3 Å². The Bertz CT molecular complexity index is 3800. The van der Waals surface area contributed by atoms with Crippen molar-refractivity contribution in [2.24, 2.45) is 0 Å². The topological polar surface area (TPSA) is 39.4 Å². The first kappa shape index (κ1) is 36.2. The van der Waals surface area contributed by atoms with Crippen molar-refractivity contribution in [1.82, 2.24) is 0 Å². The number of furan rings is 3. The van der Waals surface area contributed by atoms with Gasteiger partial charge in [-0.1, -0.05) is 120 Å². The van der Waals surface area contributed by atoms with Crippen molar-refractivity contribution in [3.8, 4) is 55.6 Å². The molecule has 0 aliphatic rings. The zero-order valence-corrected chi connectivity index (χ0v) is 35.3. The lowest BCUT2D eigenvalue weighted by atomic mass is 9.89. The van der Waals surface area contributed by atoms with E-state index < -0.39 is 0 Å². The van der Waals surface area contributed by atoms with E-state index in [0.717, 1.165) is 121 Å². The highest BCUT2D eigenvalue weighted by atomic mass is 16.3. The largest absolute Gasteiger partial charge is 0.455 e. The molecule has 0 unspecified atom stereocenters. The highest BCUT2D eigenvalue weighted by molar-refractivity contribution is 6.21. The van der Waals surface area contributed by atoms with Crippen LogP contribution in [0, 0.1) is 34.6 Å². The molecule has 0 amide bonds. The van der Waals surface area contributed by atoms with Crippen molar-refractivity contribution in [3.63, 3.8) is 0 Å². The van der Waals surface area contributed by atoms with E-state index in [1.807, 2.05) is 0 Å². The molecule has 3 nitrogen and oxygen atoms in total. The summed E-state index contributed by atoms with van der Waals surface area (Å²) in [6, 6.07) is 59.3. The maximum absolute atomic E-state index is 7.00. The lowest BCUT2D eigenvalue weighted by molar-refractivity contribution is 0.667. The first-order valence-electron chi connectivity index (χ1n) is 21.4. The minimum Gasteiger partial charge on any atom is -0.455 e. The van der Waals surface area contributed by atoms with E-state index >= 15 is 0 Å². The summed E-state index contributed by atoms with van der Waals surface area (Å²) < 4.78 is 20.5. The number of rotatable bonds is 5. The quantitative estimate of drug-likeness (QED) is 0.174. The standard InChI is InChI=1S/C59H42O3/c1-33-11-9-15-39(23-33)41-30-49(58-50(31-41)46-16-10-12-37(5)56(46)62-58)45-20-19-44(59-55(45)52-27-35(3)18-22-54(52)61-59)43-25-36(4)24-40(28-43)42-29-47(38-13-7-6-8-14-38)57-51(32-42)48-26-34(2)17-21-53(48)60-57/h6-32H,1-5H3. The molecule has 0 aliphatic heterocycles. The fourth-order valence-corrected chi connectivity index (χ4v) is 9.77. The molecular weight excluding hydrogens is 757 g/mol. The molecule has 0 atom stereocenters. The van der Waals surface area contributed by atoms with Crippen molar-refractivity contribution in [2.75, 3.05) is 0 Å². The van der Waals surface area contributed by atoms with E-state index in [4.69, 9.17) is 13.3 Å². The number of para-hydroxylation sites is 1. The van der Waals surface area contributed by atoms with Gasteiger partial charge in [-0.25, -0.2) is 0 Å². The van der Waals surface area contributed by atoms with Gasteiger partial charge in [0.15, 0.2) is 0 Å². The fourth-order valence-electron chi connectivity index (χ4n) is 9.77. The Morgan fingerprint density at radius 1 is 0.274 bits per heavy atom. The summed E-state index contributed by atoms with van der Waals surface area (Å²) in [7, 11) is 0. The predicted molar refractivity (Wildman–Crippen MR) is 259 cm³/mol. The highest BCUT2D eigenvalue weighted by Crippen LogP contribution is 2.48. The molecule has 0 aliphatic carbocycles. The minimum absolute atomic E-state index is 0.859. The van der Waals surface area contributed by atoms with Crippen molar-refractivity contribution < 1.29 is 13.3 Å². The van der Waals surface area contributed by atoms with E-state index in [-0.39, 0.29) is 0 Å². The Labute approximate surface area is 359 Å². The number of hydrogen-bond acceptors (Lipinski definition) is 3. The molecule has 0 saturated heterocycles. The lowest BCUT2D eigenvalue weighted by Crippen LogP contribution is -1.89. The van der Waals surface area contributed by atoms with Crippen molar-refractivity contribution in [2.45, 2.75) is 34.6 Å². The first-order valence-corrected chi connectivity index (χ1v) is 21.4. The van der Waals surface area contributed by atoms with Gasteiger partial charge in [-0.15, -0.1) is 0 Å². The van der Waals surface area contributed by atoms with Crippen LogP contribution in [0.5, 0.6) is 0 Å². The Balaban J connectivity index is 1.11. The van der Waals surface area contributed by atoms with Gasteiger partial charge in [0.05, 0.1) is 0 Å². The number of aryl methyl sites for hydroxylation is 5. The average molecular weight is 799 g/mol. The van der Waals surface area contributed by atoms with Crippen molar-refractivity contribution in [3.05, 3.63) is 192 Å². The van der Waals surface area contributed by atoms with Crippen LogP contribution in [-0.4, -0.2) is 0 Å².